The molecule has 0 spiro atoms. The lowest BCUT2D eigenvalue weighted by Gasteiger charge is -2.30. The Morgan fingerprint density at radius 3 is 2.43 bits per heavy atom. The van der Waals surface area contributed by atoms with Gasteiger partial charge in [-0.1, -0.05) is 29.3 Å². The summed E-state index contributed by atoms with van der Waals surface area (Å²) in [6.07, 6.45) is 2.80. The molecule has 0 aliphatic carbocycles. The molecule has 6 aromatic rings. The lowest BCUT2D eigenvalue weighted by molar-refractivity contribution is 0.0698. The van der Waals surface area contributed by atoms with Crippen molar-refractivity contribution in [2.24, 2.45) is 7.05 Å². The van der Waals surface area contributed by atoms with Crippen LogP contribution in [0.25, 0.3) is 32.9 Å². The first kappa shape index (κ1) is 32.7. The molecule has 0 atom stereocenters. The van der Waals surface area contributed by atoms with E-state index in [1.54, 1.807) is 23.2 Å². The predicted molar refractivity (Wildman–Crippen MR) is 194 cm³/mol. The summed E-state index contributed by atoms with van der Waals surface area (Å²) in [6.45, 7) is 9.24. The molecule has 9 nitrogen and oxygen atoms in total. The second kappa shape index (κ2) is 12.5. The van der Waals surface area contributed by atoms with Gasteiger partial charge in [0.05, 0.1) is 39.6 Å². The number of halogens is 2. The summed E-state index contributed by atoms with van der Waals surface area (Å²) in [5.41, 5.74) is 9.02. The number of nitrogens with zero attached hydrogens (tertiary/aromatic N) is 5. The minimum absolute atomic E-state index is 0.0891. The molecule has 0 bridgehead atoms. The van der Waals surface area contributed by atoms with Gasteiger partial charge < -0.3 is 19.3 Å². The van der Waals surface area contributed by atoms with Crippen molar-refractivity contribution in [1.29, 1.82) is 0 Å². The van der Waals surface area contributed by atoms with Gasteiger partial charge in [0.15, 0.2) is 0 Å². The molecule has 49 heavy (non-hydrogen) atoms. The van der Waals surface area contributed by atoms with Gasteiger partial charge in [-0.05, 0) is 99.7 Å². The van der Waals surface area contributed by atoms with Crippen molar-refractivity contribution in [1.82, 2.24) is 19.3 Å². The van der Waals surface area contributed by atoms with Crippen LogP contribution in [-0.2, 0) is 20.0 Å². The van der Waals surface area contributed by atoms with Crippen LogP contribution in [0.5, 0.6) is 5.75 Å². The average molecular weight is 697 g/mol. The van der Waals surface area contributed by atoms with Gasteiger partial charge in [0, 0.05) is 58.9 Å². The first-order valence-corrected chi connectivity index (χ1v) is 16.9. The third kappa shape index (κ3) is 5.41. The molecule has 1 aliphatic rings. The van der Waals surface area contributed by atoms with Crippen molar-refractivity contribution < 1.29 is 19.4 Å². The molecule has 0 radical (unpaired) electrons. The second-order valence-electron chi connectivity index (χ2n) is 12.6. The van der Waals surface area contributed by atoms with Crippen LogP contribution in [0.4, 0.5) is 5.69 Å². The zero-order valence-electron chi connectivity index (χ0n) is 27.9. The lowest BCUT2D eigenvalue weighted by atomic mass is 9.98. The van der Waals surface area contributed by atoms with Gasteiger partial charge in [-0.25, -0.2) is 4.79 Å². The number of hydrogen-bond donors (Lipinski definition) is 1. The molecule has 250 valence electrons. The minimum Gasteiger partial charge on any atom is -0.494 e. The fourth-order valence-electron chi connectivity index (χ4n) is 7.24. The summed E-state index contributed by atoms with van der Waals surface area (Å²) in [4.78, 5) is 32.9. The molecule has 0 fully saturated rings. The summed E-state index contributed by atoms with van der Waals surface area (Å²) < 4.78 is 10.1. The first-order chi connectivity index (χ1) is 23.5. The molecule has 4 heterocycles. The number of rotatable bonds is 8. The predicted octanol–water partition coefficient (Wildman–Crippen LogP) is 8.50. The highest BCUT2D eigenvalue weighted by molar-refractivity contribution is 6.35. The van der Waals surface area contributed by atoms with Crippen molar-refractivity contribution in [2.45, 2.75) is 47.1 Å². The monoisotopic (exact) mass is 695 g/mol. The molecule has 7 rings (SSSR count). The van der Waals surface area contributed by atoms with Crippen LogP contribution in [0.2, 0.25) is 10.0 Å². The molecule has 0 saturated heterocycles. The maximum atomic E-state index is 14.8. The van der Waals surface area contributed by atoms with E-state index in [2.05, 4.69) is 14.6 Å². The molecule has 0 unspecified atom stereocenters. The lowest BCUT2D eigenvalue weighted by Crippen LogP contribution is -2.41. The molecule has 3 aromatic carbocycles. The van der Waals surface area contributed by atoms with E-state index < -0.39 is 5.97 Å². The van der Waals surface area contributed by atoms with Crippen molar-refractivity contribution >= 4 is 62.6 Å². The maximum Gasteiger partial charge on any atom is 0.337 e. The Hall–Kier alpha value is -4.86. The number of carbonyl (C=O) groups is 2. The number of carboxylic acids is 1. The number of pyridine rings is 1. The number of amides is 1. The summed E-state index contributed by atoms with van der Waals surface area (Å²) in [6, 6.07) is 14.6. The molecular weight excluding hydrogens is 661 g/mol. The minimum atomic E-state index is -1.07. The standard InChI is InChI=1S/C38H35Cl2N5O4/c1-20-18-24(19-21(2)33(20)40)49-17-7-9-25-26-10-12-29(39)32(31-22(3)42-43(5)23(31)4)35(26)45-16-15-44(37(46)36(25)45)30-13-11-28(38(47)48)34-27(30)8-6-14-41-34/h6,8,10-14,18-19H,7,9,15-17H2,1-5H3,(H,47,48). The number of fused-ring (bicyclic) bond motifs is 4. The fraction of sp³-hybridized carbons (Fsp3) is 0.263. The zero-order valence-corrected chi connectivity index (χ0v) is 29.4. The van der Waals surface area contributed by atoms with Crippen LogP contribution in [0, 0.1) is 27.7 Å². The third-order valence-electron chi connectivity index (χ3n) is 9.55. The number of anilines is 1. The van der Waals surface area contributed by atoms with E-state index in [4.69, 9.17) is 27.9 Å². The van der Waals surface area contributed by atoms with Crippen molar-refractivity contribution in [3.05, 3.63) is 104 Å². The quantitative estimate of drug-likeness (QED) is 0.160. The zero-order chi connectivity index (χ0) is 34.7. The van der Waals surface area contributed by atoms with Gasteiger partial charge in [-0.2, -0.15) is 5.10 Å². The number of ether oxygens (including phenoxy) is 1. The Balaban J connectivity index is 1.35. The van der Waals surface area contributed by atoms with Gasteiger partial charge in [-0.15, -0.1) is 0 Å². The molecule has 0 saturated carbocycles. The smallest absolute Gasteiger partial charge is 0.337 e. The topological polar surface area (TPSA) is 102 Å². The van der Waals surface area contributed by atoms with E-state index >= 15 is 0 Å². The van der Waals surface area contributed by atoms with Crippen molar-refractivity contribution in [3.8, 4) is 16.9 Å². The maximum absolute atomic E-state index is 14.8. The summed E-state index contributed by atoms with van der Waals surface area (Å²) in [5.74, 6) is -0.483. The van der Waals surface area contributed by atoms with Gasteiger partial charge in [0.25, 0.3) is 5.91 Å². The average Bonchev–Trinajstić information content (AvgIpc) is 3.53. The molecule has 1 amide bonds. The molecule has 3 aromatic heterocycles. The van der Waals surface area contributed by atoms with Crippen LogP contribution in [0.15, 0.2) is 54.7 Å². The van der Waals surface area contributed by atoms with E-state index in [1.165, 1.54) is 6.07 Å². The van der Waals surface area contributed by atoms with Gasteiger partial charge in [0.2, 0.25) is 0 Å². The number of aromatic carboxylic acids is 1. The van der Waals surface area contributed by atoms with E-state index in [-0.39, 0.29) is 11.5 Å². The first-order valence-electron chi connectivity index (χ1n) is 16.1. The van der Waals surface area contributed by atoms with E-state index in [0.29, 0.717) is 59.8 Å². The number of carboxylic acid groups (broad SMARTS) is 1. The number of aromatic nitrogens is 4. The molecule has 1 aliphatic heterocycles. The van der Waals surface area contributed by atoms with Crippen molar-refractivity contribution in [2.75, 3.05) is 18.1 Å². The van der Waals surface area contributed by atoms with Gasteiger partial charge in [0.1, 0.15) is 11.4 Å². The summed E-state index contributed by atoms with van der Waals surface area (Å²) in [5, 5.41) is 17.4. The molecular formula is C38H35Cl2N5O4. The summed E-state index contributed by atoms with van der Waals surface area (Å²) in [7, 11) is 1.92. The molecule has 11 heteroatoms. The van der Waals surface area contributed by atoms with Crippen LogP contribution in [0.1, 0.15) is 55.3 Å². The highest BCUT2D eigenvalue weighted by atomic mass is 35.5. The van der Waals surface area contributed by atoms with Crippen LogP contribution in [0.3, 0.4) is 0 Å². The fourth-order valence-corrected chi connectivity index (χ4v) is 7.60. The Kier molecular flexibility index (Phi) is 8.37. The Labute approximate surface area is 293 Å². The van der Waals surface area contributed by atoms with E-state index in [9.17, 15) is 14.7 Å². The molecule has 1 N–H and O–H groups in total. The Morgan fingerprint density at radius 1 is 0.980 bits per heavy atom. The normalized spacial score (nSPS) is 13.0. The SMILES string of the molecule is Cc1cc(OCCCc2c3n(c4c(-c5c(C)nn(C)c5C)c(Cl)ccc24)CCN(c2ccc(C(=O)O)c4ncccc24)C3=O)cc(C)c1Cl. The number of benzene rings is 3. The van der Waals surface area contributed by atoms with Gasteiger partial charge in [-0.3, -0.25) is 14.5 Å². The van der Waals surface area contributed by atoms with Crippen LogP contribution in [-0.4, -0.2) is 49.5 Å². The highest BCUT2D eigenvalue weighted by Gasteiger charge is 2.34. The van der Waals surface area contributed by atoms with Crippen molar-refractivity contribution in [3.63, 3.8) is 0 Å². The second-order valence-corrected chi connectivity index (χ2v) is 13.4. The van der Waals surface area contributed by atoms with E-state index in [1.807, 2.05) is 69.8 Å². The Morgan fingerprint density at radius 2 is 1.73 bits per heavy atom. The van der Waals surface area contributed by atoms with Crippen LogP contribution >= 0.6 is 23.2 Å². The van der Waals surface area contributed by atoms with Gasteiger partial charge >= 0.3 is 5.97 Å². The summed E-state index contributed by atoms with van der Waals surface area (Å²) >= 11 is 13.4. The number of aryl methyl sites for hydroxylation is 5. The number of carbonyl (C=O) groups excluding carboxylic acids is 1. The third-order valence-corrected chi connectivity index (χ3v) is 10.5. The highest BCUT2D eigenvalue weighted by Crippen LogP contribution is 2.44. The number of hydrogen-bond acceptors (Lipinski definition) is 5. The van der Waals surface area contributed by atoms with Crippen LogP contribution < -0.4 is 9.64 Å². The van der Waals surface area contributed by atoms with E-state index in [0.717, 1.165) is 60.9 Å². The Bertz CT molecular complexity index is 2320. The largest absolute Gasteiger partial charge is 0.494 e.